The molecule has 0 fully saturated rings. The maximum atomic E-state index is 14.6. The van der Waals surface area contributed by atoms with Gasteiger partial charge >= 0.3 is 0 Å². The highest BCUT2D eigenvalue weighted by Gasteiger charge is 2.35. The van der Waals surface area contributed by atoms with Crippen LogP contribution in [0.2, 0.25) is 0 Å². The number of carbonyl (C=O) groups excluding carboxylic acids is 2. The Morgan fingerprint density at radius 2 is 1.53 bits per heavy atom. The van der Waals surface area contributed by atoms with Gasteiger partial charge in [0.1, 0.15) is 31.6 Å². The number of hydrogen-bond donors (Lipinski definition) is 1. The molecule has 0 bridgehead atoms. The number of ether oxygens (including phenoxy) is 2. The molecule has 4 aromatic rings. The molecule has 0 saturated carbocycles. The van der Waals surface area contributed by atoms with Crippen LogP contribution in [0.5, 0.6) is 11.5 Å². The first-order valence-electron chi connectivity index (χ1n) is 15.4. The lowest BCUT2D eigenvalue weighted by Crippen LogP contribution is -2.54. The maximum Gasteiger partial charge on any atom is 0.264 e. The molecule has 11 heteroatoms. The summed E-state index contributed by atoms with van der Waals surface area (Å²) in [6.07, 6.45) is 0.197. The van der Waals surface area contributed by atoms with Gasteiger partial charge in [0.15, 0.2) is 11.5 Å². The highest BCUT2D eigenvalue weighted by molar-refractivity contribution is 7.92. The van der Waals surface area contributed by atoms with Gasteiger partial charge in [-0.05, 0) is 73.9 Å². The Morgan fingerprint density at radius 1 is 0.872 bits per heavy atom. The molecule has 1 heterocycles. The number of sulfonamides is 1. The van der Waals surface area contributed by atoms with Crippen LogP contribution in [0.15, 0.2) is 102 Å². The number of fused-ring (bicyclic) bond motifs is 1. The average Bonchev–Trinajstić information content (AvgIpc) is 3.06. The maximum absolute atomic E-state index is 14.6. The molecule has 4 aromatic carbocycles. The van der Waals surface area contributed by atoms with E-state index in [1.54, 1.807) is 0 Å². The average molecular weight is 660 g/mol. The van der Waals surface area contributed by atoms with Crippen molar-refractivity contribution in [3.63, 3.8) is 0 Å². The molecule has 0 unspecified atom stereocenters. The van der Waals surface area contributed by atoms with Crippen molar-refractivity contribution in [1.29, 1.82) is 0 Å². The normalized spacial score (nSPS) is 13.1. The number of benzene rings is 4. The van der Waals surface area contributed by atoms with Crippen molar-refractivity contribution in [2.45, 2.75) is 50.7 Å². The van der Waals surface area contributed by atoms with E-state index >= 15 is 0 Å². The number of hydrogen-bond acceptors (Lipinski definition) is 6. The summed E-state index contributed by atoms with van der Waals surface area (Å²) >= 11 is 0. The fraction of sp³-hybridized carbons (Fsp3) is 0.278. The Bertz CT molecular complexity index is 1820. The van der Waals surface area contributed by atoms with Crippen LogP contribution in [-0.2, 0) is 32.6 Å². The second-order valence-electron chi connectivity index (χ2n) is 11.6. The summed E-state index contributed by atoms with van der Waals surface area (Å²) in [5, 5.41) is 2.94. The molecular weight excluding hydrogens is 621 g/mol. The van der Waals surface area contributed by atoms with E-state index in [1.807, 2.05) is 75.4 Å². The van der Waals surface area contributed by atoms with Crippen LogP contribution in [0.3, 0.4) is 0 Å². The number of rotatable bonds is 12. The first-order valence-corrected chi connectivity index (χ1v) is 16.8. The highest BCUT2D eigenvalue weighted by Crippen LogP contribution is 2.34. The Hall–Kier alpha value is -4.90. The van der Waals surface area contributed by atoms with E-state index in [9.17, 15) is 22.4 Å². The molecule has 2 amide bonds. The Balaban J connectivity index is 1.58. The number of carbonyl (C=O) groups is 2. The van der Waals surface area contributed by atoms with E-state index in [1.165, 1.54) is 35.2 Å². The lowest BCUT2D eigenvalue weighted by Gasteiger charge is -2.34. The third-order valence-corrected chi connectivity index (χ3v) is 9.57. The second-order valence-corrected chi connectivity index (χ2v) is 13.5. The molecule has 0 spiro atoms. The second kappa shape index (κ2) is 14.7. The van der Waals surface area contributed by atoms with E-state index < -0.39 is 34.3 Å². The third kappa shape index (κ3) is 8.10. The zero-order valence-electron chi connectivity index (χ0n) is 26.6. The zero-order chi connectivity index (χ0) is 33.6. The van der Waals surface area contributed by atoms with Gasteiger partial charge < -0.3 is 19.7 Å². The molecule has 47 heavy (non-hydrogen) atoms. The van der Waals surface area contributed by atoms with E-state index in [4.69, 9.17) is 9.47 Å². The predicted molar refractivity (Wildman–Crippen MR) is 177 cm³/mol. The molecular formula is C36H38FN3O6S. The van der Waals surface area contributed by atoms with E-state index in [0.717, 1.165) is 33.1 Å². The SMILES string of the molecule is Cc1ccccc1CN(C(=O)CN(c1ccc(F)cc1)S(=O)(=O)c1ccc2c(c1)OCCO2)[C@H](Cc1ccccc1)C(=O)NC(C)C. The highest BCUT2D eigenvalue weighted by atomic mass is 32.2. The van der Waals surface area contributed by atoms with Gasteiger partial charge in [-0.3, -0.25) is 13.9 Å². The number of amides is 2. The van der Waals surface area contributed by atoms with Crippen LogP contribution in [-0.4, -0.2) is 57.0 Å². The van der Waals surface area contributed by atoms with Crippen LogP contribution in [0, 0.1) is 12.7 Å². The predicted octanol–water partition coefficient (Wildman–Crippen LogP) is 5.27. The van der Waals surface area contributed by atoms with Gasteiger partial charge in [0.05, 0.1) is 10.6 Å². The number of nitrogens with one attached hydrogen (secondary N) is 1. The molecule has 1 aliphatic heterocycles. The third-order valence-electron chi connectivity index (χ3n) is 7.80. The van der Waals surface area contributed by atoms with E-state index in [0.29, 0.717) is 12.4 Å². The monoisotopic (exact) mass is 659 g/mol. The van der Waals surface area contributed by atoms with Crippen molar-refractivity contribution in [3.05, 3.63) is 120 Å². The van der Waals surface area contributed by atoms with Gasteiger partial charge in [-0.1, -0.05) is 54.6 Å². The van der Waals surface area contributed by atoms with E-state index in [-0.39, 0.29) is 47.9 Å². The quantitative estimate of drug-likeness (QED) is 0.222. The molecule has 1 aliphatic rings. The van der Waals surface area contributed by atoms with Crippen LogP contribution in [0.1, 0.15) is 30.5 Å². The smallest absolute Gasteiger partial charge is 0.264 e. The summed E-state index contributed by atoms with van der Waals surface area (Å²) < 4.78 is 54.7. The lowest BCUT2D eigenvalue weighted by molar-refractivity contribution is -0.140. The van der Waals surface area contributed by atoms with Crippen LogP contribution >= 0.6 is 0 Å². The van der Waals surface area contributed by atoms with Crippen molar-refractivity contribution < 1.29 is 31.9 Å². The molecule has 0 radical (unpaired) electrons. The minimum absolute atomic E-state index is 0.0514. The minimum atomic E-state index is -4.41. The van der Waals surface area contributed by atoms with Crippen molar-refractivity contribution in [1.82, 2.24) is 10.2 Å². The summed E-state index contributed by atoms with van der Waals surface area (Å²) in [7, 11) is -4.41. The molecule has 1 N–H and O–H groups in total. The Morgan fingerprint density at radius 3 is 2.21 bits per heavy atom. The zero-order valence-corrected chi connectivity index (χ0v) is 27.4. The Labute approximate surface area is 275 Å². The first-order chi connectivity index (χ1) is 22.5. The fourth-order valence-corrected chi connectivity index (χ4v) is 6.78. The van der Waals surface area contributed by atoms with Crippen molar-refractivity contribution >= 4 is 27.5 Å². The van der Waals surface area contributed by atoms with Crippen molar-refractivity contribution in [3.8, 4) is 11.5 Å². The molecule has 1 atom stereocenters. The Kier molecular flexibility index (Phi) is 10.5. The van der Waals surface area contributed by atoms with Crippen LogP contribution in [0.4, 0.5) is 10.1 Å². The molecule has 9 nitrogen and oxygen atoms in total. The summed E-state index contributed by atoms with van der Waals surface area (Å²) in [4.78, 5) is 29.7. The number of nitrogens with zero attached hydrogens (tertiary/aromatic N) is 2. The van der Waals surface area contributed by atoms with Gasteiger partial charge in [0.25, 0.3) is 10.0 Å². The molecule has 0 aliphatic carbocycles. The van der Waals surface area contributed by atoms with E-state index in [2.05, 4.69) is 5.32 Å². The van der Waals surface area contributed by atoms with Crippen molar-refractivity contribution in [2.24, 2.45) is 0 Å². The molecule has 0 aromatic heterocycles. The topological polar surface area (TPSA) is 105 Å². The van der Waals surface area contributed by atoms with Gasteiger partial charge in [-0.2, -0.15) is 0 Å². The standard InChI is InChI=1S/C36H38FN3O6S/c1-25(2)38-36(42)32(21-27-10-5-4-6-11-27)39(23-28-12-8-7-9-26(28)3)35(41)24-40(30-15-13-29(37)14-16-30)47(43,44)31-17-18-33-34(22-31)46-20-19-45-33/h4-18,22,25,32H,19-21,23-24H2,1-3H3,(H,38,42)/t32-/m1/s1. The van der Waals surface area contributed by atoms with Gasteiger partial charge in [-0.25, -0.2) is 12.8 Å². The van der Waals surface area contributed by atoms with Crippen molar-refractivity contribution in [2.75, 3.05) is 24.1 Å². The van der Waals surface area contributed by atoms with Crippen LogP contribution in [0.25, 0.3) is 0 Å². The molecule has 246 valence electrons. The molecule has 0 saturated heterocycles. The lowest BCUT2D eigenvalue weighted by atomic mass is 10.0. The van der Waals surface area contributed by atoms with Gasteiger partial charge in [0.2, 0.25) is 11.8 Å². The minimum Gasteiger partial charge on any atom is -0.486 e. The number of aryl methyl sites for hydroxylation is 1. The van der Waals surface area contributed by atoms with Crippen LogP contribution < -0.4 is 19.1 Å². The summed E-state index contributed by atoms with van der Waals surface area (Å²) in [6, 6.07) is 24.8. The largest absolute Gasteiger partial charge is 0.486 e. The first kappa shape index (κ1) is 33.5. The fourth-order valence-electron chi connectivity index (χ4n) is 5.35. The summed E-state index contributed by atoms with van der Waals surface area (Å²) in [6.45, 7) is 5.56. The number of halogens is 1. The molecule has 5 rings (SSSR count). The summed E-state index contributed by atoms with van der Waals surface area (Å²) in [5.41, 5.74) is 2.63. The van der Waals surface area contributed by atoms with Gasteiger partial charge in [0, 0.05) is 25.1 Å². The summed E-state index contributed by atoms with van der Waals surface area (Å²) in [5.74, 6) is -0.875. The van der Waals surface area contributed by atoms with Gasteiger partial charge in [-0.15, -0.1) is 0 Å². The number of anilines is 1.